The van der Waals surface area contributed by atoms with Crippen LogP contribution in [0.15, 0.2) is 12.2 Å². The Morgan fingerprint density at radius 2 is 1.96 bits per heavy atom. The molecule has 0 aromatic rings. The number of carbonyl (C=O) groups excluding carboxylic acids is 1. The molecule has 0 spiro atoms. The number of ketones is 1. The molecule has 0 bridgehead atoms. The Morgan fingerprint density at radius 3 is 2.59 bits per heavy atom. The molecule has 5 nitrogen and oxygen atoms in total. The maximum atomic E-state index is 12.7. The second-order valence-electron chi connectivity index (χ2n) is 7.97. The van der Waals surface area contributed by atoms with E-state index in [2.05, 4.69) is 18.8 Å². The SMILES string of the molecule is CCCCC[C@H](O)/C=C/[C@@H]1[C@@H](CC#CCCCC(=O)O)C(=O)C(C)(C)[C@H]1O. The van der Waals surface area contributed by atoms with Gasteiger partial charge in [0.2, 0.25) is 0 Å². The Hall–Kier alpha value is -1.64. The summed E-state index contributed by atoms with van der Waals surface area (Å²) in [5.74, 6) is 4.30. The minimum absolute atomic E-state index is 0.00930. The van der Waals surface area contributed by atoms with Crippen LogP contribution < -0.4 is 0 Å². The van der Waals surface area contributed by atoms with Gasteiger partial charge in [-0.05, 0) is 12.8 Å². The molecule has 0 amide bonds. The van der Waals surface area contributed by atoms with E-state index in [-0.39, 0.29) is 18.1 Å². The van der Waals surface area contributed by atoms with Crippen LogP contribution in [0.1, 0.15) is 72.1 Å². The summed E-state index contributed by atoms with van der Waals surface area (Å²) in [6.07, 6.45) is 7.30. The lowest BCUT2D eigenvalue weighted by Crippen LogP contribution is -2.31. The Kier molecular flexibility index (Phi) is 9.76. The second-order valence-corrected chi connectivity index (χ2v) is 7.97. The largest absolute Gasteiger partial charge is 0.481 e. The molecular formula is C22H34O5. The molecule has 1 aliphatic carbocycles. The number of unbranched alkanes of at least 4 members (excludes halogenated alkanes) is 3. The van der Waals surface area contributed by atoms with Crippen molar-refractivity contribution in [2.75, 3.05) is 0 Å². The average Bonchev–Trinajstić information content (AvgIpc) is 2.76. The normalized spacial score (nSPS) is 25.4. The standard InChI is InChI=1S/C22H34O5/c1-4-5-8-11-16(23)14-15-18-17(20(26)22(2,3)21(18)27)12-9-6-7-10-13-19(24)25/h14-18,21,23,27H,4-5,7-8,10-13H2,1-3H3,(H,24,25)/b15-14+/t16-,17+,18+,21-/m0/s1. The summed E-state index contributed by atoms with van der Waals surface area (Å²) in [5, 5.41) is 29.3. The van der Waals surface area contributed by atoms with Crippen LogP contribution in [0.3, 0.4) is 0 Å². The Morgan fingerprint density at radius 1 is 1.26 bits per heavy atom. The van der Waals surface area contributed by atoms with Crippen molar-refractivity contribution in [1.82, 2.24) is 0 Å². The lowest BCUT2D eigenvalue weighted by molar-refractivity contribution is -0.137. The van der Waals surface area contributed by atoms with Crippen molar-refractivity contribution in [3.8, 4) is 11.8 Å². The quantitative estimate of drug-likeness (QED) is 0.308. The van der Waals surface area contributed by atoms with Crippen LogP contribution in [0.2, 0.25) is 0 Å². The number of aliphatic carboxylic acids is 1. The number of carboxylic acids is 1. The van der Waals surface area contributed by atoms with Crippen molar-refractivity contribution in [1.29, 1.82) is 0 Å². The van der Waals surface area contributed by atoms with Gasteiger partial charge in [-0.25, -0.2) is 0 Å². The van der Waals surface area contributed by atoms with E-state index in [0.29, 0.717) is 25.7 Å². The monoisotopic (exact) mass is 378 g/mol. The number of rotatable bonds is 10. The number of hydrogen-bond donors (Lipinski definition) is 3. The van der Waals surface area contributed by atoms with Crippen molar-refractivity contribution >= 4 is 11.8 Å². The number of carbonyl (C=O) groups is 2. The maximum absolute atomic E-state index is 12.7. The van der Waals surface area contributed by atoms with Crippen LogP contribution in [-0.4, -0.2) is 39.3 Å². The van der Waals surface area contributed by atoms with Gasteiger partial charge in [0.25, 0.3) is 0 Å². The summed E-state index contributed by atoms with van der Waals surface area (Å²) in [5.41, 5.74) is -0.835. The van der Waals surface area contributed by atoms with E-state index in [1.165, 1.54) is 0 Å². The highest BCUT2D eigenvalue weighted by Crippen LogP contribution is 2.44. The summed E-state index contributed by atoms with van der Waals surface area (Å²) < 4.78 is 0. The van der Waals surface area contributed by atoms with Gasteiger partial charge in [-0.2, -0.15) is 0 Å². The third kappa shape index (κ3) is 7.12. The lowest BCUT2D eigenvalue weighted by atomic mass is 9.86. The third-order valence-electron chi connectivity index (χ3n) is 5.34. The van der Waals surface area contributed by atoms with E-state index in [4.69, 9.17) is 5.11 Å². The Balaban J connectivity index is 2.72. The number of aliphatic hydroxyl groups is 2. The van der Waals surface area contributed by atoms with Crippen molar-refractivity contribution in [2.45, 2.75) is 84.3 Å². The molecule has 0 aromatic heterocycles. The van der Waals surface area contributed by atoms with Gasteiger partial charge >= 0.3 is 5.97 Å². The summed E-state index contributed by atoms with van der Waals surface area (Å²) in [6.45, 7) is 5.61. The molecule has 0 aliphatic heterocycles. The zero-order chi connectivity index (χ0) is 20.4. The maximum Gasteiger partial charge on any atom is 0.303 e. The highest BCUT2D eigenvalue weighted by atomic mass is 16.4. The molecule has 4 atom stereocenters. The molecule has 1 aliphatic rings. The number of aliphatic hydroxyl groups excluding tert-OH is 2. The number of hydrogen-bond acceptors (Lipinski definition) is 4. The smallest absolute Gasteiger partial charge is 0.303 e. The molecule has 0 radical (unpaired) electrons. The predicted octanol–water partition coefficient (Wildman–Crippen LogP) is 3.33. The van der Waals surface area contributed by atoms with Gasteiger partial charge in [-0.1, -0.05) is 52.2 Å². The van der Waals surface area contributed by atoms with E-state index in [1.54, 1.807) is 26.0 Å². The fraction of sp³-hybridized carbons (Fsp3) is 0.727. The molecule has 5 heteroatoms. The molecule has 0 heterocycles. The molecule has 1 rings (SSSR count). The lowest BCUT2D eigenvalue weighted by Gasteiger charge is -2.22. The van der Waals surface area contributed by atoms with Gasteiger partial charge in [-0.15, -0.1) is 11.8 Å². The van der Waals surface area contributed by atoms with Crippen LogP contribution >= 0.6 is 0 Å². The molecule has 152 valence electrons. The Bertz CT molecular complexity index is 581. The number of carboxylic acid groups (broad SMARTS) is 1. The van der Waals surface area contributed by atoms with Gasteiger partial charge < -0.3 is 15.3 Å². The minimum atomic E-state index is -0.838. The van der Waals surface area contributed by atoms with E-state index in [0.717, 1.165) is 19.3 Å². The topological polar surface area (TPSA) is 94.8 Å². The van der Waals surface area contributed by atoms with Crippen LogP contribution in [0.4, 0.5) is 0 Å². The van der Waals surface area contributed by atoms with Crippen molar-refractivity contribution in [2.24, 2.45) is 17.3 Å². The zero-order valence-corrected chi connectivity index (χ0v) is 16.8. The molecule has 0 saturated heterocycles. The van der Waals surface area contributed by atoms with E-state index >= 15 is 0 Å². The van der Waals surface area contributed by atoms with Crippen LogP contribution in [0, 0.1) is 29.1 Å². The zero-order valence-electron chi connectivity index (χ0n) is 16.8. The molecule has 0 aromatic carbocycles. The van der Waals surface area contributed by atoms with Crippen molar-refractivity contribution < 1.29 is 24.9 Å². The Labute approximate surface area is 162 Å². The first-order chi connectivity index (χ1) is 12.7. The molecule has 3 N–H and O–H groups in total. The van der Waals surface area contributed by atoms with Gasteiger partial charge in [-0.3, -0.25) is 9.59 Å². The third-order valence-corrected chi connectivity index (χ3v) is 5.34. The van der Waals surface area contributed by atoms with E-state index in [1.807, 2.05) is 0 Å². The van der Waals surface area contributed by atoms with Crippen LogP contribution in [-0.2, 0) is 9.59 Å². The van der Waals surface area contributed by atoms with Gasteiger partial charge in [0.15, 0.2) is 0 Å². The van der Waals surface area contributed by atoms with Crippen LogP contribution in [0.25, 0.3) is 0 Å². The first kappa shape index (κ1) is 23.4. The number of Topliss-reactive ketones (excluding diaryl/α,β-unsaturated/α-hetero) is 1. The highest BCUT2D eigenvalue weighted by Gasteiger charge is 2.52. The summed E-state index contributed by atoms with van der Waals surface area (Å²) in [4.78, 5) is 23.2. The van der Waals surface area contributed by atoms with E-state index in [9.17, 15) is 19.8 Å². The van der Waals surface area contributed by atoms with Gasteiger partial charge in [0.1, 0.15) is 5.78 Å². The van der Waals surface area contributed by atoms with Gasteiger partial charge in [0.05, 0.1) is 17.6 Å². The van der Waals surface area contributed by atoms with Gasteiger partial charge in [0, 0.05) is 31.1 Å². The minimum Gasteiger partial charge on any atom is -0.481 e. The van der Waals surface area contributed by atoms with E-state index < -0.39 is 29.5 Å². The molecule has 27 heavy (non-hydrogen) atoms. The summed E-state index contributed by atoms with van der Waals surface area (Å²) in [6, 6.07) is 0. The average molecular weight is 379 g/mol. The second kappa shape index (κ2) is 11.3. The van der Waals surface area contributed by atoms with Crippen LogP contribution in [0.5, 0.6) is 0 Å². The summed E-state index contributed by atoms with van der Waals surface area (Å²) >= 11 is 0. The highest BCUT2D eigenvalue weighted by molar-refractivity contribution is 5.90. The summed E-state index contributed by atoms with van der Waals surface area (Å²) in [7, 11) is 0. The predicted molar refractivity (Wildman–Crippen MR) is 105 cm³/mol. The molecule has 1 fully saturated rings. The molecule has 1 saturated carbocycles. The molecular weight excluding hydrogens is 344 g/mol. The van der Waals surface area contributed by atoms with Crippen molar-refractivity contribution in [3.05, 3.63) is 12.2 Å². The fourth-order valence-corrected chi connectivity index (χ4v) is 3.52. The molecule has 0 unspecified atom stereocenters. The first-order valence-electron chi connectivity index (χ1n) is 9.98. The first-order valence-corrected chi connectivity index (χ1v) is 9.98. The fourth-order valence-electron chi connectivity index (χ4n) is 3.52. The van der Waals surface area contributed by atoms with Crippen molar-refractivity contribution in [3.63, 3.8) is 0 Å².